The SMILES string of the molecule is CN1C2CCC1CC(OC(=O)c1c[nH]c3ccc(Cl)cc13)C2. The minimum absolute atomic E-state index is 0.0327. The number of nitrogens with one attached hydrogen (secondary N) is 1. The number of fused-ring (bicyclic) bond motifs is 3. The van der Waals surface area contributed by atoms with Gasteiger partial charge in [-0.3, -0.25) is 0 Å². The zero-order valence-electron chi connectivity index (χ0n) is 12.5. The molecule has 0 spiro atoms. The summed E-state index contributed by atoms with van der Waals surface area (Å²) in [7, 11) is 2.18. The molecule has 22 heavy (non-hydrogen) atoms. The smallest absolute Gasteiger partial charge is 0.340 e. The molecule has 0 saturated carbocycles. The highest BCUT2D eigenvalue weighted by Crippen LogP contribution is 2.36. The number of aromatic nitrogens is 1. The van der Waals surface area contributed by atoms with E-state index in [9.17, 15) is 4.79 Å². The maximum absolute atomic E-state index is 12.5. The first kappa shape index (κ1) is 14.1. The largest absolute Gasteiger partial charge is 0.459 e. The fourth-order valence-corrected chi connectivity index (χ4v) is 4.11. The molecule has 116 valence electrons. The van der Waals surface area contributed by atoms with Gasteiger partial charge in [0.15, 0.2) is 0 Å². The third kappa shape index (κ3) is 2.31. The normalized spacial score (nSPS) is 28.2. The highest BCUT2D eigenvalue weighted by atomic mass is 35.5. The van der Waals surface area contributed by atoms with Crippen LogP contribution < -0.4 is 0 Å². The quantitative estimate of drug-likeness (QED) is 0.860. The molecule has 1 aromatic carbocycles. The van der Waals surface area contributed by atoms with Crippen LogP contribution in [0, 0.1) is 0 Å². The molecule has 0 amide bonds. The van der Waals surface area contributed by atoms with Gasteiger partial charge in [-0.15, -0.1) is 0 Å². The van der Waals surface area contributed by atoms with Crippen molar-refractivity contribution in [2.24, 2.45) is 0 Å². The van der Waals surface area contributed by atoms with Gasteiger partial charge in [-0.2, -0.15) is 0 Å². The van der Waals surface area contributed by atoms with Gasteiger partial charge in [0, 0.05) is 47.0 Å². The summed E-state index contributed by atoms with van der Waals surface area (Å²) >= 11 is 6.04. The first-order valence-corrected chi connectivity index (χ1v) is 8.19. The van der Waals surface area contributed by atoms with Gasteiger partial charge in [-0.1, -0.05) is 11.6 Å². The van der Waals surface area contributed by atoms with Crippen LogP contribution in [0.25, 0.3) is 10.9 Å². The van der Waals surface area contributed by atoms with Crippen molar-refractivity contribution in [1.82, 2.24) is 9.88 Å². The van der Waals surface area contributed by atoms with E-state index in [1.807, 2.05) is 18.2 Å². The molecule has 5 heteroatoms. The molecule has 2 bridgehead atoms. The number of halogens is 1. The number of H-pyrrole nitrogens is 1. The molecule has 2 aliphatic rings. The fourth-order valence-electron chi connectivity index (χ4n) is 3.93. The Balaban J connectivity index is 1.53. The van der Waals surface area contributed by atoms with Gasteiger partial charge >= 0.3 is 5.97 Å². The number of piperidine rings is 1. The maximum atomic E-state index is 12.5. The zero-order valence-corrected chi connectivity index (χ0v) is 13.3. The first-order valence-electron chi connectivity index (χ1n) is 7.81. The van der Waals surface area contributed by atoms with Crippen LogP contribution in [0.15, 0.2) is 24.4 Å². The summed E-state index contributed by atoms with van der Waals surface area (Å²) in [5.41, 5.74) is 1.48. The number of benzene rings is 1. The van der Waals surface area contributed by atoms with Crippen molar-refractivity contribution in [3.63, 3.8) is 0 Å². The van der Waals surface area contributed by atoms with Gasteiger partial charge in [-0.25, -0.2) is 4.79 Å². The zero-order chi connectivity index (χ0) is 15.3. The molecule has 1 aromatic heterocycles. The maximum Gasteiger partial charge on any atom is 0.340 e. The molecular formula is C17H19ClN2O2. The van der Waals surface area contributed by atoms with Crippen molar-refractivity contribution in [1.29, 1.82) is 0 Å². The highest BCUT2D eigenvalue weighted by molar-refractivity contribution is 6.31. The summed E-state index contributed by atoms with van der Waals surface area (Å²) in [6.07, 6.45) is 6.08. The van der Waals surface area contributed by atoms with Crippen LogP contribution in [0.5, 0.6) is 0 Å². The molecular weight excluding hydrogens is 300 g/mol. The van der Waals surface area contributed by atoms with Crippen molar-refractivity contribution in [3.8, 4) is 0 Å². The number of carbonyl (C=O) groups excluding carboxylic acids is 1. The lowest BCUT2D eigenvalue weighted by molar-refractivity contribution is -0.000258. The van der Waals surface area contributed by atoms with Crippen LogP contribution in [0.3, 0.4) is 0 Å². The summed E-state index contributed by atoms with van der Waals surface area (Å²) in [6.45, 7) is 0. The molecule has 4 nitrogen and oxygen atoms in total. The van der Waals surface area contributed by atoms with E-state index < -0.39 is 0 Å². The second kappa shape index (κ2) is 5.28. The Morgan fingerprint density at radius 1 is 1.32 bits per heavy atom. The van der Waals surface area contributed by atoms with E-state index in [1.165, 1.54) is 12.8 Å². The van der Waals surface area contributed by atoms with E-state index in [2.05, 4.69) is 16.9 Å². The van der Waals surface area contributed by atoms with Crippen LogP contribution in [0.2, 0.25) is 5.02 Å². The molecule has 4 rings (SSSR count). The number of aromatic amines is 1. The van der Waals surface area contributed by atoms with E-state index in [1.54, 1.807) is 6.20 Å². The van der Waals surface area contributed by atoms with Crippen molar-refractivity contribution in [2.75, 3.05) is 7.05 Å². The van der Waals surface area contributed by atoms with Gasteiger partial charge < -0.3 is 14.6 Å². The first-order chi connectivity index (χ1) is 10.6. The third-order valence-corrected chi connectivity index (χ3v) is 5.43. The van der Waals surface area contributed by atoms with Crippen LogP contribution in [-0.2, 0) is 4.74 Å². The second-order valence-electron chi connectivity index (χ2n) is 6.44. The summed E-state index contributed by atoms with van der Waals surface area (Å²) in [4.78, 5) is 18.1. The number of ether oxygens (including phenoxy) is 1. The summed E-state index contributed by atoms with van der Waals surface area (Å²) in [5.74, 6) is -0.248. The predicted octanol–water partition coefficient (Wildman–Crippen LogP) is 3.60. The number of carbonyl (C=O) groups is 1. The van der Waals surface area contributed by atoms with Crippen molar-refractivity contribution < 1.29 is 9.53 Å². The monoisotopic (exact) mass is 318 g/mol. The minimum atomic E-state index is -0.248. The van der Waals surface area contributed by atoms with Crippen LogP contribution in [-0.4, -0.2) is 41.1 Å². The number of nitrogens with zero attached hydrogens (tertiary/aromatic N) is 1. The highest BCUT2D eigenvalue weighted by Gasteiger charge is 2.40. The van der Waals surface area contributed by atoms with Gasteiger partial charge in [0.05, 0.1) is 5.56 Å². The number of esters is 1. The lowest BCUT2D eigenvalue weighted by Crippen LogP contribution is -2.43. The molecule has 0 aliphatic carbocycles. The van der Waals surface area contributed by atoms with Crippen molar-refractivity contribution in [2.45, 2.75) is 43.9 Å². The average molecular weight is 319 g/mol. The van der Waals surface area contributed by atoms with Crippen molar-refractivity contribution >= 4 is 28.5 Å². The van der Waals surface area contributed by atoms with Crippen LogP contribution in [0.1, 0.15) is 36.0 Å². The molecule has 3 heterocycles. The third-order valence-electron chi connectivity index (χ3n) is 5.19. The topological polar surface area (TPSA) is 45.3 Å². The van der Waals surface area contributed by atoms with E-state index >= 15 is 0 Å². The Bertz CT molecular complexity index is 713. The Morgan fingerprint density at radius 3 is 2.77 bits per heavy atom. The number of rotatable bonds is 2. The van der Waals surface area contributed by atoms with Crippen molar-refractivity contribution in [3.05, 3.63) is 35.0 Å². The van der Waals surface area contributed by atoms with E-state index in [0.29, 0.717) is 22.7 Å². The van der Waals surface area contributed by atoms with Gasteiger partial charge in [0.25, 0.3) is 0 Å². The molecule has 2 fully saturated rings. The van der Waals surface area contributed by atoms with Gasteiger partial charge in [-0.05, 0) is 38.1 Å². The Hall–Kier alpha value is -1.52. The minimum Gasteiger partial charge on any atom is -0.459 e. The Kier molecular flexibility index (Phi) is 3.39. The summed E-state index contributed by atoms with van der Waals surface area (Å²) < 4.78 is 5.78. The van der Waals surface area contributed by atoms with Gasteiger partial charge in [0.1, 0.15) is 6.10 Å². The standard InChI is InChI=1S/C17H19ClN2O2/c1-20-11-3-4-12(20)8-13(7-11)22-17(21)15-9-19-16-5-2-10(18)6-14(15)16/h2,5-6,9,11-13,19H,3-4,7-8H2,1H3. The van der Waals surface area contributed by atoms with E-state index in [-0.39, 0.29) is 12.1 Å². The number of hydrogen-bond acceptors (Lipinski definition) is 3. The molecule has 1 N–H and O–H groups in total. The summed E-state index contributed by atoms with van der Waals surface area (Å²) in [5, 5.41) is 1.45. The Labute approximate surface area is 134 Å². The van der Waals surface area contributed by atoms with Gasteiger partial charge in [0.2, 0.25) is 0 Å². The second-order valence-corrected chi connectivity index (χ2v) is 6.88. The molecule has 2 atom stereocenters. The fraction of sp³-hybridized carbons (Fsp3) is 0.471. The molecule has 2 unspecified atom stereocenters. The molecule has 2 saturated heterocycles. The predicted molar refractivity (Wildman–Crippen MR) is 86.3 cm³/mol. The summed E-state index contributed by atoms with van der Waals surface area (Å²) in [6, 6.07) is 6.62. The lowest BCUT2D eigenvalue weighted by atomic mass is 10.0. The Morgan fingerprint density at radius 2 is 2.05 bits per heavy atom. The number of hydrogen-bond donors (Lipinski definition) is 1. The lowest BCUT2D eigenvalue weighted by Gasteiger charge is -2.35. The van der Waals surface area contributed by atoms with E-state index in [4.69, 9.17) is 16.3 Å². The molecule has 2 aromatic rings. The van der Waals surface area contributed by atoms with Crippen LogP contribution in [0.4, 0.5) is 0 Å². The van der Waals surface area contributed by atoms with Crippen LogP contribution >= 0.6 is 11.6 Å². The molecule has 2 aliphatic heterocycles. The average Bonchev–Trinajstić information content (AvgIpc) is 2.97. The molecule has 0 radical (unpaired) electrons. The van der Waals surface area contributed by atoms with E-state index in [0.717, 1.165) is 23.7 Å².